The smallest absolute Gasteiger partial charge is 0.431 e. The van der Waals surface area contributed by atoms with Crippen LogP contribution in [0.4, 0.5) is 14.4 Å². The third-order valence-corrected chi connectivity index (χ3v) is 8.53. The topological polar surface area (TPSA) is 163 Å². The molecule has 6 rings (SSSR count). The predicted octanol–water partition coefficient (Wildman–Crippen LogP) is 6.18. The molecule has 53 heavy (non-hydrogen) atoms. The molecule has 0 bridgehead atoms. The van der Waals surface area contributed by atoms with Crippen molar-refractivity contribution in [3.05, 3.63) is 119 Å². The van der Waals surface area contributed by atoms with Gasteiger partial charge in [0.05, 0.1) is 20.8 Å². The molecular formula is C40H44N4O9. The summed E-state index contributed by atoms with van der Waals surface area (Å²) in [5.41, 5.74) is 12.8. The molecule has 278 valence electrons. The fraction of sp³-hybridized carbons (Fsp3) is 0.300. The van der Waals surface area contributed by atoms with Crippen molar-refractivity contribution in [2.75, 3.05) is 34.0 Å². The highest BCUT2D eigenvalue weighted by Crippen LogP contribution is 2.45. The van der Waals surface area contributed by atoms with Crippen molar-refractivity contribution in [3.63, 3.8) is 0 Å². The molecule has 0 aromatic heterocycles. The highest BCUT2D eigenvalue weighted by atomic mass is 16.7. The highest BCUT2D eigenvalue weighted by Gasteiger charge is 2.31. The molecule has 13 heteroatoms. The average Bonchev–Trinajstić information content (AvgIpc) is 3.63. The zero-order chi connectivity index (χ0) is 38.0. The Balaban J connectivity index is 0.000000230. The van der Waals surface area contributed by atoms with Crippen LogP contribution in [0.3, 0.4) is 0 Å². The first-order valence-corrected chi connectivity index (χ1v) is 17.1. The number of carbonyl (C=O) groups is 4. The van der Waals surface area contributed by atoms with Gasteiger partial charge in [0.25, 0.3) is 5.91 Å². The zero-order valence-corrected chi connectivity index (χ0v) is 30.3. The van der Waals surface area contributed by atoms with Crippen molar-refractivity contribution >= 4 is 24.2 Å². The average molecular weight is 725 g/mol. The Hall–Kier alpha value is -5.92. The summed E-state index contributed by atoms with van der Waals surface area (Å²) in [7, 11) is 2.64. The molecule has 0 unspecified atom stereocenters. The van der Waals surface area contributed by atoms with Crippen LogP contribution in [0.1, 0.15) is 54.9 Å². The summed E-state index contributed by atoms with van der Waals surface area (Å²) >= 11 is 0. The molecule has 0 fully saturated rings. The summed E-state index contributed by atoms with van der Waals surface area (Å²) in [4.78, 5) is 57.2. The molecule has 1 atom stereocenters. The minimum Gasteiger partial charge on any atom is -0.449 e. The number of rotatable bonds is 10. The fourth-order valence-corrected chi connectivity index (χ4v) is 6.37. The van der Waals surface area contributed by atoms with Crippen LogP contribution in [-0.4, -0.2) is 69.8 Å². The normalized spacial score (nSPS) is 13.1. The molecule has 2 aliphatic carbocycles. The molecule has 2 aliphatic rings. The third kappa shape index (κ3) is 9.70. The lowest BCUT2D eigenvalue weighted by Gasteiger charge is -2.22. The van der Waals surface area contributed by atoms with Crippen LogP contribution < -0.4 is 21.6 Å². The maximum Gasteiger partial charge on any atom is 0.431 e. The largest absolute Gasteiger partial charge is 0.449 e. The van der Waals surface area contributed by atoms with Crippen molar-refractivity contribution in [3.8, 4) is 22.3 Å². The van der Waals surface area contributed by atoms with Crippen molar-refractivity contribution in [2.24, 2.45) is 0 Å². The van der Waals surface area contributed by atoms with E-state index in [1.807, 2.05) is 72.8 Å². The zero-order valence-electron chi connectivity index (χ0n) is 30.3. The first-order chi connectivity index (χ1) is 25.5. The van der Waals surface area contributed by atoms with Crippen LogP contribution >= 0.6 is 0 Å². The number of hydroxylamine groups is 2. The van der Waals surface area contributed by atoms with Crippen LogP contribution in [0.25, 0.3) is 22.3 Å². The quantitative estimate of drug-likeness (QED) is 0.111. The Labute approximate surface area is 308 Å². The minimum atomic E-state index is -1.13. The Kier molecular flexibility index (Phi) is 12.7. The molecular weight excluding hydrogens is 680 g/mol. The number of hydrogen-bond acceptors (Lipinski definition) is 9. The Morgan fingerprint density at radius 3 is 1.38 bits per heavy atom. The van der Waals surface area contributed by atoms with E-state index in [-0.39, 0.29) is 25.0 Å². The van der Waals surface area contributed by atoms with E-state index in [2.05, 4.69) is 55.5 Å². The molecule has 0 spiro atoms. The number of alkyl carbamates (subject to hydrolysis) is 2. The van der Waals surface area contributed by atoms with E-state index in [0.29, 0.717) is 6.61 Å². The molecule has 0 heterocycles. The van der Waals surface area contributed by atoms with Crippen LogP contribution in [0.5, 0.6) is 0 Å². The number of ether oxygens (including phenoxy) is 3. The number of benzene rings is 4. The number of hydrogen-bond donors (Lipinski definition) is 4. The third-order valence-electron chi connectivity index (χ3n) is 8.53. The van der Waals surface area contributed by atoms with Gasteiger partial charge < -0.3 is 24.8 Å². The second-order valence-electron chi connectivity index (χ2n) is 13.2. The molecule has 4 aromatic carbocycles. The summed E-state index contributed by atoms with van der Waals surface area (Å²) in [6.07, 6.45) is -2.08. The van der Waals surface area contributed by atoms with Crippen LogP contribution in [0.2, 0.25) is 0 Å². The Morgan fingerprint density at radius 1 is 0.585 bits per heavy atom. The minimum absolute atomic E-state index is 0.0741. The van der Waals surface area contributed by atoms with E-state index < -0.39 is 35.8 Å². The lowest BCUT2D eigenvalue weighted by atomic mass is 9.98. The van der Waals surface area contributed by atoms with Gasteiger partial charge in [-0.05, 0) is 65.3 Å². The first-order valence-electron chi connectivity index (χ1n) is 17.1. The summed E-state index contributed by atoms with van der Waals surface area (Å²) in [5, 5.41) is 4.93. The molecule has 0 aliphatic heterocycles. The number of nitrogens with one attached hydrogen (secondary N) is 4. The SMILES string of the molecule is CONC(=O)OCC1c2ccccc2-c2ccccc21.CONC(=O)[C@H](CNC(=O)OC(C)(C)C)NC(=O)OCC1c2ccccc2-c2ccccc21. The van der Waals surface area contributed by atoms with E-state index in [4.69, 9.17) is 14.2 Å². The summed E-state index contributed by atoms with van der Waals surface area (Å²) in [5.74, 6) is -0.693. The van der Waals surface area contributed by atoms with E-state index in [0.717, 1.165) is 22.3 Å². The number of amides is 4. The number of fused-ring (bicyclic) bond motifs is 6. The van der Waals surface area contributed by atoms with Crippen LogP contribution in [-0.2, 0) is 28.7 Å². The lowest BCUT2D eigenvalue weighted by molar-refractivity contribution is -0.133. The van der Waals surface area contributed by atoms with Gasteiger partial charge in [0.1, 0.15) is 24.9 Å². The van der Waals surface area contributed by atoms with Gasteiger partial charge in [-0.15, -0.1) is 0 Å². The molecule has 0 saturated carbocycles. The summed E-state index contributed by atoms with van der Waals surface area (Å²) in [6, 6.07) is 31.3. The standard InChI is InChI=1S/C24H29N3O6.C16H15NO3/c1-24(2,3)33-22(29)25-13-20(21(28)27-31-4)26-23(30)32-14-19-17-11-7-5-9-15(17)16-10-6-8-12-18(16)19;1-19-17-16(18)20-10-15-13-8-4-2-6-11(13)12-7-3-5-9-14(12)15/h5-12,19-20H,13-14H2,1-4H3,(H,25,29)(H,26,30)(H,27,28);2-9,15H,10H2,1H3,(H,17,18)/t20-;/m0./s1. The molecule has 4 N–H and O–H groups in total. The van der Waals surface area contributed by atoms with Gasteiger partial charge in [-0.1, -0.05) is 97.1 Å². The fourth-order valence-electron chi connectivity index (χ4n) is 6.37. The van der Waals surface area contributed by atoms with E-state index in [9.17, 15) is 19.2 Å². The van der Waals surface area contributed by atoms with Gasteiger partial charge >= 0.3 is 18.3 Å². The summed E-state index contributed by atoms with van der Waals surface area (Å²) < 4.78 is 15.8. The maximum absolute atomic E-state index is 12.5. The Morgan fingerprint density at radius 2 is 0.981 bits per heavy atom. The van der Waals surface area contributed by atoms with Crippen molar-refractivity contribution in [1.82, 2.24) is 21.6 Å². The first kappa shape index (κ1) is 38.3. The summed E-state index contributed by atoms with van der Waals surface area (Å²) in [6.45, 7) is 5.33. The predicted molar refractivity (Wildman–Crippen MR) is 197 cm³/mol. The van der Waals surface area contributed by atoms with Crippen molar-refractivity contribution in [1.29, 1.82) is 0 Å². The van der Waals surface area contributed by atoms with E-state index in [1.54, 1.807) is 20.8 Å². The molecule has 0 radical (unpaired) electrons. The van der Waals surface area contributed by atoms with Crippen molar-refractivity contribution < 1.29 is 43.1 Å². The van der Waals surface area contributed by atoms with Gasteiger partial charge in [0.15, 0.2) is 0 Å². The number of carbonyl (C=O) groups excluding carboxylic acids is 4. The Bertz CT molecular complexity index is 1840. The molecule has 0 saturated heterocycles. The monoisotopic (exact) mass is 724 g/mol. The second-order valence-corrected chi connectivity index (χ2v) is 13.2. The molecule has 13 nitrogen and oxygen atoms in total. The maximum atomic E-state index is 12.5. The van der Waals surface area contributed by atoms with Gasteiger partial charge in [-0.25, -0.2) is 19.9 Å². The molecule has 4 amide bonds. The van der Waals surface area contributed by atoms with Gasteiger partial charge in [0.2, 0.25) is 0 Å². The second kappa shape index (κ2) is 17.5. The van der Waals surface area contributed by atoms with Gasteiger partial charge in [-0.2, -0.15) is 5.48 Å². The highest BCUT2D eigenvalue weighted by molar-refractivity contribution is 5.86. The lowest BCUT2D eigenvalue weighted by Crippen LogP contribution is -2.53. The van der Waals surface area contributed by atoms with Crippen LogP contribution in [0, 0.1) is 0 Å². The van der Waals surface area contributed by atoms with Gasteiger partial charge in [0, 0.05) is 11.8 Å². The van der Waals surface area contributed by atoms with Crippen molar-refractivity contribution in [2.45, 2.75) is 44.2 Å². The molecule has 4 aromatic rings. The van der Waals surface area contributed by atoms with Gasteiger partial charge in [-0.3, -0.25) is 14.5 Å². The van der Waals surface area contributed by atoms with Crippen LogP contribution in [0.15, 0.2) is 97.1 Å². The van der Waals surface area contributed by atoms with E-state index >= 15 is 0 Å². The van der Waals surface area contributed by atoms with E-state index in [1.165, 1.54) is 36.5 Å².